The van der Waals surface area contributed by atoms with E-state index in [2.05, 4.69) is 0 Å². The number of rotatable bonds is 6. The SMILES string of the molecule is CCOC(=O)[C@]1(Cc2ccccc2C)CCCN(C(=O)CN2C(=O)CSC2=O)C1. The van der Waals surface area contributed by atoms with Gasteiger partial charge >= 0.3 is 5.97 Å². The molecule has 3 amide bonds. The fraction of sp³-hybridized carbons (Fsp3) is 0.524. The number of piperidine rings is 1. The van der Waals surface area contributed by atoms with Gasteiger partial charge in [-0.3, -0.25) is 24.1 Å². The highest BCUT2D eigenvalue weighted by Crippen LogP contribution is 2.36. The van der Waals surface area contributed by atoms with Gasteiger partial charge in [0.25, 0.3) is 5.24 Å². The van der Waals surface area contributed by atoms with E-state index in [9.17, 15) is 19.2 Å². The van der Waals surface area contributed by atoms with Crippen molar-refractivity contribution >= 4 is 34.8 Å². The van der Waals surface area contributed by atoms with Gasteiger partial charge < -0.3 is 9.64 Å². The molecule has 7 nitrogen and oxygen atoms in total. The summed E-state index contributed by atoms with van der Waals surface area (Å²) < 4.78 is 5.39. The zero-order chi connectivity index (χ0) is 21.0. The van der Waals surface area contributed by atoms with E-state index in [1.807, 2.05) is 31.2 Å². The van der Waals surface area contributed by atoms with Gasteiger partial charge in [-0.25, -0.2) is 0 Å². The fourth-order valence-electron chi connectivity index (χ4n) is 3.95. The molecular formula is C21H26N2O5S. The van der Waals surface area contributed by atoms with Crippen molar-refractivity contribution in [2.24, 2.45) is 5.41 Å². The smallest absolute Gasteiger partial charge is 0.314 e. The average molecular weight is 419 g/mol. The van der Waals surface area contributed by atoms with Crippen LogP contribution >= 0.6 is 11.8 Å². The van der Waals surface area contributed by atoms with Crippen LogP contribution in [0.5, 0.6) is 0 Å². The maximum Gasteiger partial charge on any atom is 0.314 e. The second kappa shape index (κ2) is 8.98. The third kappa shape index (κ3) is 4.63. The molecule has 1 aromatic rings. The lowest BCUT2D eigenvalue weighted by Crippen LogP contribution is -2.53. The maximum absolute atomic E-state index is 13.0. The molecule has 29 heavy (non-hydrogen) atoms. The first kappa shape index (κ1) is 21.4. The molecule has 0 aromatic heterocycles. The van der Waals surface area contributed by atoms with Gasteiger partial charge in [0.05, 0.1) is 17.8 Å². The minimum Gasteiger partial charge on any atom is -0.466 e. The predicted molar refractivity (Wildman–Crippen MR) is 109 cm³/mol. The Morgan fingerprint density at radius 1 is 1.24 bits per heavy atom. The number of ether oxygens (including phenoxy) is 1. The Hall–Kier alpha value is -2.35. The van der Waals surface area contributed by atoms with E-state index in [1.165, 1.54) is 0 Å². The third-order valence-electron chi connectivity index (χ3n) is 5.56. The van der Waals surface area contributed by atoms with E-state index in [1.54, 1.807) is 11.8 Å². The van der Waals surface area contributed by atoms with Crippen LogP contribution in [0.4, 0.5) is 4.79 Å². The van der Waals surface area contributed by atoms with Crippen molar-refractivity contribution in [2.75, 3.05) is 32.0 Å². The number of likely N-dealkylation sites (tertiary alicyclic amines) is 1. The molecule has 2 fully saturated rings. The van der Waals surface area contributed by atoms with Crippen LogP contribution in [-0.2, 0) is 25.5 Å². The molecular weight excluding hydrogens is 392 g/mol. The van der Waals surface area contributed by atoms with E-state index in [-0.39, 0.29) is 43.2 Å². The Balaban J connectivity index is 1.80. The first-order valence-corrected chi connectivity index (χ1v) is 10.8. The molecule has 0 N–H and O–H groups in total. The number of hydrogen-bond donors (Lipinski definition) is 0. The molecule has 2 aliphatic rings. The minimum absolute atomic E-state index is 0.0756. The number of amides is 3. The summed E-state index contributed by atoms with van der Waals surface area (Å²) >= 11 is 0.909. The quantitative estimate of drug-likeness (QED) is 0.660. The summed E-state index contributed by atoms with van der Waals surface area (Å²) in [7, 11) is 0. The van der Waals surface area contributed by atoms with Crippen molar-refractivity contribution in [1.29, 1.82) is 0 Å². The molecule has 3 rings (SSSR count). The van der Waals surface area contributed by atoms with Gasteiger partial charge in [0.1, 0.15) is 6.54 Å². The van der Waals surface area contributed by atoms with E-state index in [0.29, 0.717) is 25.8 Å². The van der Waals surface area contributed by atoms with Gasteiger partial charge in [-0.1, -0.05) is 36.0 Å². The first-order valence-electron chi connectivity index (χ1n) is 9.83. The largest absolute Gasteiger partial charge is 0.466 e. The van der Waals surface area contributed by atoms with Gasteiger partial charge in [0.15, 0.2) is 0 Å². The lowest BCUT2D eigenvalue weighted by molar-refractivity contribution is -0.161. The number of hydrogen-bond acceptors (Lipinski definition) is 6. The standard InChI is InChI=1S/C21H26N2O5S/c1-3-28-19(26)21(11-16-8-5-4-7-15(16)2)9-6-10-22(14-21)17(24)12-23-18(25)13-29-20(23)27/h4-5,7-8H,3,6,9-14H2,1-2H3/t21-/m0/s1. The van der Waals surface area contributed by atoms with Crippen LogP contribution < -0.4 is 0 Å². The Kier molecular flexibility index (Phi) is 6.62. The van der Waals surface area contributed by atoms with Crippen LogP contribution in [0.3, 0.4) is 0 Å². The molecule has 1 aromatic carbocycles. The van der Waals surface area contributed by atoms with Crippen molar-refractivity contribution in [2.45, 2.75) is 33.1 Å². The number of nitrogens with zero attached hydrogens (tertiary/aromatic N) is 2. The number of benzene rings is 1. The molecule has 0 aliphatic carbocycles. The van der Waals surface area contributed by atoms with Crippen LogP contribution in [0.1, 0.15) is 30.9 Å². The zero-order valence-corrected chi connectivity index (χ0v) is 17.6. The van der Waals surface area contributed by atoms with Crippen molar-refractivity contribution in [3.05, 3.63) is 35.4 Å². The van der Waals surface area contributed by atoms with Crippen LogP contribution in [0.15, 0.2) is 24.3 Å². The molecule has 0 spiro atoms. The van der Waals surface area contributed by atoms with Gasteiger partial charge in [0, 0.05) is 13.1 Å². The van der Waals surface area contributed by atoms with E-state index in [0.717, 1.165) is 27.8 Å². The molecule has 0 saturated carbocycles. The molecule has 2 heterocycles. The highest BCUT2D eigenvalue weighted by atomic mass is 32.2. The van der Waals surface area contributed by atoms with Crippen molar-refractivity contribution in [1.82, 2.24) is 9.80 Å². The summed E-state index contributed by atoms with van der Waals surface area (Å²) in [5.41, 5.74) is 1.31. The van der Waals surface area contributed by atoms with E-state index in [4.69, 9.17) is 4.74 Å². The summed E-state index contributed by atoms with van der Waals surface area (Å²) in [5.74, 6) is -0.884. The highest BCUT2D eigenvalue weighted by molar-refractivity contribution is 8.14. The first-order chi connectivity index (χ1) is 13.9. The number of imide groups is 1. The second-order valence-electron chi connectivity index (χ2n) is 7.56. The van der Waals surface area contributed by atoms with Gasteiger partial charge in [-0.15, -0.1) is 0 Å². The topological polar surface area (TPSA) is 84.0 Å². The Morgan fingerprint density at radius 3 is 2.66 bits per heavy atom. The zero-order valence-electron chi connectivity index (χ0n) is 16.8. The van der Waals surface area contributed by atoms with Gasteiger partial charge in [0.2, 0.25) is 11.8 Å². The molecule has 156 valence electrons. The summed E-state index contributed by atoms with van der Waals surface area (Å²) in [4.78, 5) is 52.1. The van der Waals surface area contributed by atoms with Crippen LogP contribution in [-0.4, -0.2) is 64.8 Å². The molecule has 8 heteroatoms. The summed E-state index contributed by atoms with van der Waals surface area (Å²) in [5, 5.41) is -0.392. The fourth-order valence-corrected chi connectivity index (χ4v) is 4.68. The van der Waals surface area contributed by atoms with Crippen LogP contribution in [0, 0.1) is 12.3 Å². The summed E-state index contributed by atoms with van der Waals surface area (Å²) in [6, 6.07) is 7.89. The maximum atomic E-state index is 13.0. The molecule has 1 atom stereocenters. The monoisotopic (exact) mass is 418 g/mol. The number of aryl methyl sites for hydroxylation is 1. The van der Waals surface area contributed by atoms with Crippen molar-refractivity contribution in [3.8, 4) is 0 Å². The highest BCUT2D eigenvalue weighted by Gasteiger charge is 2.45. The summed E-state index contributed by atoms with van der Waals surface area (Å²) in [6.45, 7) is 4.50. The van der Waals surface area contributed by atoms with E-state index < -0.39 is 10.7 Å². The minimum atomic E-state index is -0.830. The molecule has 2 saturated heterocycles. The normalized spacial score (nSPS) is 22.1. The third-order valence-corrected chi connectivity index (χ3v) is 6.42. The lowest BCUT2D eigenvalue weighted by Gasteiger charge is -2.41. The Bertz CT molecular complexity index is 811. The molecule has 0 unspecified atom stereocenters. The van der Waals surface area contributed by atoms with Gasteiger partial charge in [-0.05, 0) is 44.2 Å². The van der Waals surface area contributed by atoms with Crippen molar-refractivity contribution in [3.63, 3.8) is 0 Å². The van der Waals surface area contributed by atoms with E-state index >= 15 is 0 Å². The second-order valence-corrected chi connectivity index (χ2v) is 8.48. The molecule has 0 bridgehead atoms. The average Bonchev–Trinajstić information content (AvgIpc) is 3.02. The van der Waals surface area contributed by atoms with Crippen LogP contribution in [0.25, 0.3) is 0 Å². The van der Waals surface area contributed by atoms with Crippen LogP contribution in [0.2, 0.25) is 0 Å². The summed E-state index contributed by atoms with van der Waals surface area (Å²) in [6.07, 6.45) is 1.77. The number of thioether (sulfide) groups is 1. The predicted octanol–water partition coefficient (Wildman–Crippen LogP) is 2.40. The number of carbonyl (C=O) groups excluding carboxylic acids is 4. The number of esters is 1. The number of carbonyl (C=O) groups is 4. The Labute approximate surface area is 174 Å². The molecule has 0 radical (unpaired) electrons. The van der Waals surface area contributed by atoms with Crippen molar-refractivity contribution < 1.29 is 23.9 Å². The Morgan fingerprint density at radius 2 is 2.00 bits per heavy atom. The lowest BCUT2D eigenvalue weighted by atomic mass is 9.74. The van der Waals surface area contributed by atoms with Gasteiger partial charge in [-0.2, -0.15) is 0 Å². The molecule has 2 aliphatic heterocycles.